The molecule has 4 rings (SSSR count). The predicted octanol–water partition coefficient (Wildman–Crippen LogP) is 2.94. The second-order valence-corrected chi connectivity index (χ2v) is 7.42. The summed E-state index contributed by atoms with van der Waals surface area (Å²) in [6.07, 6.45) is 3.97. The molecule has 22 heavy (non-hydrogen) atoms. The van der Waals surface area contributed by atoms with Gasteiger partial charge in [0.15, 0.2) is 5.01 Å². The van der Waals surface area contributed by atoms with Crippen LogP contribution in [0.4, 0.5) is 0 Å². The van der Waals surface area contributed by atoms with Crippen molar-refractivity contribution >= 4 is 28.8 Å². The van der Waals surface area contributed by atoms with E-state index in [1.807, 2.05) is 24.3 Å². The second-order valence-electron chi connectivity index (χ2n) is 5.95. The van der Waals surface area contributed by atoms with Crippen molar-refractivity contribution in [3.05, 3.63) is 40.5 Å². The van der Waals surface area contributed by atoms with E-state index in [4.69, 9.17) is 11.6 Å². The van der Waals surface area contributed by atoms with E-state index in [1.54, 1.807) is 6.20 Å². The van der Waals surface area contributed by atoms with E-state index in [0.717, 1.165) is 23.4 Å². The maximum Gasteiger partial charge on any atom is 0.280 e. The van der Waals surface area contributed by atoms with Crippen molar-refractivity contribution in [2.24, 2.45) is 5.92 Å². The Morgan fingerprint density at radius 3 is 2.82 bits per heavy atom. The molecule has 1 aromatic heterocycles. The summed E-state index contributed by atoms with van der Waals surface area (Å²) in [5.74, 6) is 0.521. The lowest BCUT2D eigenvalue weighted by Crippen LogP contribution is -2.44. The first kappa shape index (κ1) is 14.2. The van der Waals surface area contributed by atoms with E-state index in [2.05, 4.69) is 15.6 Å². The van der Waals surface area contributed by atoms with Crippen LogP contribution in [0.15, 0.2) is 30.5 Å². The van der Waals surface area contributed by atoms with Gasteiger partial charge in [-0.2, -0.15) is 0 Å². The van der Waals surface area contributed by atoms with Gasteiger partial charge in [0.05, 0.1) is 4.88 Å². The molecule has 3 unspecified atom stereocenters. The van der Waals surface area contributed by atoms with Crippen LogP contribution in [0.3, 0.4) is 0 Å². The smallest absolute Gasteiger partial charge is 0.280 e. The summed E-state index contributed by atoms with van der Waals surface area (Å²) in [4.78, 5) is 17.6. The number of amides is 1. The number of thiazole rings is 1. The number of fused-ring (bicyclic) bond motifs is 2. The van der Waals surface area contributed by atoms with Crippen molar-refractivity contribution in [1.82, 2.24) is 15.6 Å². The first-order chi connectivity index (χ1) is 10.7. The van der Waals surface area contributed by atoms with Crippen LogP contribution < -0.4 is 10.6 Å². The number of rotatable bonds is 3. The summed E-state index contributed by atoms with van der Waals surface area (Å²) in [7, 11) is 0. The number of benzene rings is 1. The lowest BCUT2D eigenvalue weighted by molar-refractivity contribution is 0.0924. The molecule has 2 heterocycles. The first-order valence-corrected chi connectivity index (χ1v) is 8.64. The van der Waals surface area contributed by atoms with Crippen LogP contribution in [0.5, 0.6) is 0 Å². The molecule has 1 aliphatic carbocycles. The minimum absolute atomic E-state index is 0.0530. The van der Waals surface area contributed by atoms with Crippen molar-refractivity contribution < 1.29 is 4.79 Å². The topological polar surface area (TPSA) is 54.0 Å². The minimum Gasteiger partial charge on any atom is -0.347 e. The monoisotopic (exact) mass is 333 g/mol. The molecule has 114 valence electrons. The second kappa shape index (κ2) is 5.65. The van der Waals surface area contributed by atoms with Gasteiger partial charge < -0.3 is 10.6 Å². The van der Waals surface area contributed by atoms with E-state index in [0.29, 0.717) is 28.0 Å². The fraction of sp³-hybridized carbons (Fsp3) is 0.375. The summed E-state index contributed by atoms with van der Waals surface area (Å²) in [6, 6.07) is 8.45. The maximum atomic E-state index is 12.4. The highest BCUT2D eigenvalue weighted by atomic mass is 35.5. The first-order valence-electron chi connectivity index (χ1n) is 7.45. The van der Waals surface area contributed by atoms with Crippen LogP contribution in [0.1, 0.15) is 22.6 Å². The molecular formula is C16H16ClN3OS. The highest BCUT2D eigenvalue weighted by molar-refractivity contribution is 7.16. The van der Waals surface area contributed by atoms with Crippen LogP contribution in [-0.2, 0) is 0 Å². The van der Waals surface area contributed by atoms with Crippen molar-refractivity contribution in [2.75, 3.05) is 6.54 Å². The summed E-state index contributed by atoms with van der Waals surface area (Å²) < 4.78 is 0. The molecule has 2 fully saturated rings. The molecule has 6 heteroatoms. The number of hydrogen-bond acceptors (Lipinski definition) is 4. The van der Waals surface area contributed by atoms with Crippen molar-refractivity contribution in [3.63, 3.8) is 0 Å². The Labute approximate surface area is 137 Å². The van der Waals surface area contributed by atoms with Gasteiger partial charge in [-0.05, 0) is 36.5 Å². The van der Waals surface area contributed by atoms with E-state index in [9.17, 15) is 4.79 Å². The third-order valence-corrected chi connectivity index (χ3v) is 5.81. The van der Waals surface area contributed by atoms with E-state index in [-0.39, 0.29) is 5.91 Å². The summed E-state index contributed by atoms with van der Waals surface area (Å²) in [6.45, 7) is 1.02. The van der Waals surface area contributed by atoms with Crippen LogP contribution in [-0.4, -0.2) is 29.5 Å². The molecule has 2 bridgehead atoms. The van der Waals surface area contributed by atoms with Crippen molar-refractivity contribution in [2.45, 2.75) is 24.9 Å². The van der Waals surface area contributed by atoms with Gasteiger partial charge in [-0.3, -0.25) is 4.79 Å². The molecule has 4 nitrogen and oxygen atoms in total. The molecule has 1 amide bonds. The van der Waals surface area contributed by atoms with Gasteiger partial charge >= 0.3 is 0 Å². The van der Waals surface area contributed by atoms with Crippen LogP contribution in [0, 0.1) is 5.92 Å². The highest BCUT2D eigenvalue weighted by Crippen LogP contribution is 2.32. The molecule has 3 atom stereocenters. The third kappa shape index (κ3) is 2.64. The lowest BCUT2D eigenvalue weighted by Gasteiger charge is -2.22. The number of carbonyl (C=O) groups excluding carboxylic acids is 1. The number of piperidine rings is 1. The Kier molecular flexibility index (Phi) is 3.64. The quantitative estimate of drug-likeness (QED) is 0.908. The van der Waals surface area contributed by atoms with Crippen LogP contribution in [0.25, 0.3) is 10.4 Å². The number of nitrogens with one attached hydrogen (secondary N) is 2. The Bertz CT molecular complexity index is 700. The molecule has 2 N–H and O–H groups in total. The molecule has 0 spiro atoms. The predicted molar refractivity (Wildman–Crippen MR) is 88.3 cm³/mol. The average molecular weight is 334 g/mol. The number of aromatic nitrogens is 1. The largest absolute Gasteiger partial charge is 0.347 e. The Morgan fingerprint density at radius 2 is 2.14 bits per heavy atom. The zero-order chi connectivity index (χ0) is 15.1. The lowest BCUT2D eigenvalue weighted by atomic mass is 10.0. The average Bonchev–Trinajstić information content (AvgIpc) is 3.24. The van der Waals surface area contributed by atoms with Gasteiger partial charge in [-0.15, -0.1) is 11.3 Å². The van der Waals surface area contributed by atoms with Crippen molar-refractivity contribution in [3.8, 4) is 10.4 Å². The van der Waals surface area contributed by atoms with Gasteiger partial charge in [0.1, 0.15) is 0 Å². The van der Waals surface area contributed by atoms with Crippen molar-refractivity contribution in [1.29, 1.82) is 0 Å². The summed E-state index contributed by atoms with van der Waals surface area (Å²) in [5.41, 5.74) is 1.03. The fourth-order valence-corrected chi connectivity index (χ4v) is 4.32. The number of hydrogen-bond donors (Lipinski definition) is 2. The zero-order valence-electron chi connectivity index (χ0n) is 11.9. The normalized spacial score (nSPS) is 26.3. The molecule has 1 aromatic carbocycles. The maximum absolute atomic E-state index is 12.4. The van der Waals surface area contributed by atoms with E-state index < -0.39 is 0 Å². The Morgan fingerprint density at radius 1 is 1.32 bits per heavy atom. The van der Waals surface area contributed by atoms with Gasteiger partial charge in [0.25, 0.3) is 5.91 Å². The van der Waals surface area contributed by atoms with Gasteiger partial charge in [0.2, 0.25) is 0 Å². The molecular weight excluding hydrogens is 318 g/mol. The Hall–Kier alpha value is -1.43. The fourth-order valence-electron chi connectivity index (χ4n) is 3.37. The number of carbonyl (C=O) groups is 1. The van der Waals surface area contributed by atoms with Gasteiger partial charge in [0, 0.05) is 29.8 Å². The molecule has 2 aromatic rings. The molecule has 1 aliphatic heterocycles. The summed E-state index contributed by atoms with van der Waals surface area (Å²) in [5, 5.41) is 7.84. The third-order valence-electron chi connectivity index (χ3n) is 4.51. The minimum atomic E-state index is -0.0530. The zero-order valence-corrected chi connectivity index (χ0v) is 13.5. The molecule has 2 aliphatic rings. The standard InChI is InChI=1S/C16H16ClN3OS/c17-11-3-1-9(2-4-11)14-8-19-16(22-14)15(21)20-13-6-12-5-10(13)7-18-12/h1-4,8,10,12-13,18H,5-7H2,(H,20,21). The van der Waals surface area contributed by atoms with Gasteiger partial charge in [-0.25, -0.2) is 4.98 Å². The summed E-state index contributed by atoms with van der Waals surface area (Å²) >= 11 is 7.32. The SMILES string of the molecule is O=C(NC1CC2CC1CN2)c1ncc(-c2ccc(Cl)cc2)s1. The molecule has 0 radical (unpaired) electrons. The van der Waals surface area contributed by atoms with E-state index in [1.165, 1.54) is 17.8 Å². The number of halogens is 1. The van der Waals surface area contributed by atoms with Crippen LogP contribution in [0.2, 0.25) is 5.02 Å². The molecule has 1 saturated heterocycles. The van der Waals surface area contributed by atoms with Gasteiger partial charge in [-0.1, -0.05) is 23.7 Å². The van der Waals surface area contributed by atoms with E-state index >= 15 is 0 Å². The number of nitrogens with zero attached hydrogens (tertiary/aromatic N) is 1. The highest BCUT2D eigenvalue weighted by Gasteiger charge is 2.40. The Balaban J connectivity index is 1.46. The van der Waals surface area contributed by atoms with Crippen LogP contribution >= 0.6 is 22.9 Å². The molecule has 1 saturated carbocycles.